The van der Waals surface area contributed by atoms with Gasteiger partial charge in [-0.2, -0.15) is 0 Å². The Morgan fingerprint density at radius 1 is 1.22 bits per heavy atom. The smallest absolute Gasteiger partial charge is 0.270 e. The van der Waals surface area contributed by atoms with Crippen molar-refractivity contribution in [3.05, 3.63) is 35.8 Å². The Labute approximate surface area is 105 Å². The highest BCUT2D eigenvalue weighted by Gasteiger charge is 2.20. The molecule has 1 aromatic heterocycles. The molecule has 0 unspecified atom stereocenters. The highest BCUT2D eigenvalue weighted by atomic mass is 19.1. The lowest BCUT2D eigenvalue weighted by Crippen LogP contribution is -2.35. The largest absolute Gasteiger partial charge is 0.348 e. The zero-order valence-electron chi connectivity index (χ0n) is 10.1. The van der Waals surface area contributed by atoms with Gasteiger partial charge in [0.25, 0.3) is 5.91 Å². The van der Waals surface area contributed by atoms with Gasteiger partial charge in [-0.05, 0) is 31.4 Å². The maximum absolute atomic E-state index is 13.5. The first-order valence-electron chi connectivity index (χ1n) is 6.32. The number of H-pyrrole nitrogens is 1. The van der Waals surface area contributed by atoms with Crippen LogP contribution in [0.4, 0.5) is 4.39 Å². The Morgan fingerprint density at radius 3 is 2.72 bits per heavy atom. The van der Waals surface area contributed by atoms with Crippen LogP contribution < -0.4 is 0 Å². The minimum atomic E-state index is -0.315. The molecule has 1 aliphatic heterocycles. The summed E-state index contributed by atoms with van der Waals surface area (Å²) in [5.74, 6) is -0.338. The number of para-hydroxylation sites is 1. The molecule has 4 heteroatoms. The van der Waals surface area contributed by atoms with E-state index < -0.39 is 0 Å². The van der Waals surface area contributed by atoms with E-state index >= 15 is 0 Å². The van der Waals surface area contributed by atoms with E-state index in [1.807, 2.05) is 11.0 Å². The van der Waals surface area contributed by atoms with Crippen LogP contribution in [-0.4, -0.2) is 28.9 Å². The van der Waals surface area contributed by atoms with Crippen LogP contribution in [0.25, 0.3) is 10.9 Å². The Hall–Kier alpha value is -1.84. The van der Waals surface area contributed by atoms with Gasteiger partial charge in [0.15, 0.2) is 0 Å². The molecule has 1 aliphatic rings. The van der Waals surface area contributed by atoms with E-state index in [1.54, 1.807) is 12.1 Å². The van der Waals surface area contributed by atoms with Gasteiger partial charge in [0.2, 0.25) is 0 Å². The number of likely N-dealkylation sites (tertiary alicyclic amines) is 1. The van der Waals surface area contributed by atoms with Crippen molar-refractivity contribution in [3.8, 4) is 0 Å². The molecule has 0 saturated carbocycles. The molecule has 0 bridgehead atoms. The number of amides is 1. The Balaban J connectivity index is 1.94. The number of nitrogens with one attached hydrogen (secondary N) is 1. The first kappa shape index (κ1) is 11.3. The third kappa shape index (κ3) is 1.88. The first-order valence-corrected chi connectivity index (χ1v) is 6.32. The Morgan fingerprint density at radius 2 is 2.00 bits per heavy atom. The molecular formula is C14H15FN2O. The number of carbonyl (C=O) groups excluding carboxylic acids is 1. The second-order valence-corrected chi connectivity index (χ2v) is 4.74. The summed E-state index contributed by atoms with van der Waals surface area (Å²) in [4.78, 5) is 17.0. The first-order chi connectivity index (χ1) is 8.75. The average molecular weight is 246 g/mol. The maximum atomic E-state index is 13.5. The van der Waals surface area contributed by atoms with Gasteiger partial charge in [-0.15, -0.1) is 0 Å². The van der Waals surface area contributed by atoms with Crippen LogP contribution in [0.5, 0.6) is 0 Å². The molecule has 18 heavy (non-hydrogen) atoms. The molecule has 94 valence electrons. The summed E-state index contributed by atoms with van der Waals surface area (Å²) in [5.41, 5.74) is 0.898. The lowest BCUT2D eigenvalue weighted by Gasteiger charge is -2.26. The SMILES string of the molecule is O=C(c1cc2cccc(F)c2[nH]1)N1CCCCC1. The number of rotatable bonds is 1. The average Bonchev–Trinajstić information content (AvgIpc) is 2.84. The number of carbonyl (C=O) groups is 1. The van der Waals surface area contributed by atoms with E-state index in [2.05, 4.69) is 4.98 Å². The summed E-state index contributed by atoms with van der Waals surface area (Å²) >= 11 is 0. The zero-order valence-corrected chi connectivity index (χ0v) is 10.1. The summed E-state index contributed by atoms with van der Waals surface area (Å²) in [6, 6.07) is 6.59. The molecule has 1 aromatic carbocycles. The van der Waals surface area contributed by atoms with E-state index in [9.17, 15) is 9.18 Å². The fourth-order valence-electron chi connectivity index (χ4n) is 2.50. The number of nitrogens with zero attached hydrogens (tertiary/aromatic N) is 1. The van der Waals surface area contributed by atoms with Gasteiger partial charge in [-0.3, -0.25) is 4.79 Å². The van der Waals surface area contributed by atoms with Crippen molar-refractivity contribution in [1.82, 2.24) is 9.88 Å². The monoisotopic (exact) mass is 246 g/mol. The molecule has 2 aromatic rings. The van der Waals surface area contributed by atoms with Crippen LogP contribution in [0.1, 0.15) is 29.8 Å². The molecule has 2 heterocycles. The van der Waals surface area contributed by atoms with Gasteiger partial charge in [0, 0.05) is 18.5 Å². The number of aromatic amines is 1. The minimum absolute atomic E-state index is 0.0229. The second-order valence-electron chi connectivity index (χ2n) is 4.74. The van der Waals surface area contributed by atoms with Gasteiger partial charge in [0.1, 0.15) is 11.5 Å². The normalized spacial score (nSPS) is 16.2. The summed E-state index contributed by atoms with van der Waals surface area (Å²) in [5, 5.41) is 0.746. The van der Waals surface area contributed by atoms with Crippen molar-refractivity contribution in [2.24, 2.45) is 0 Å². The number of hydrogen-bond donors (Lipinski definition) is 1. The molecule has 3 rings (SSSR count). The van der Waals surface area contributed by atoms with Crippen molar-refractivity contribution in [3.63, 3.8) is 0 Å². The fourth-order valence-corrected chi connectivity index (χ4v) is 2.50. The number of fused-ring (bicyclic) bond motifs is 1. The number of hydrogen-bond acceptors (Lipinski definition) is 1. The maximum Gasteiger partial charge on any atom is 0.270 e. The highest BCUT2D eigenvalue weighted by Crippen LogP contribution is 2.20. The topological polar surface area (TPSA) is 36.1 Å². The van der Waals surface area contributed by atoms with E-state index in [1.165, 1.54) is 12.5 Å². The van der Waals surface area contributed by atoms with Crippen molar-refractivity contribution in [2.45, 2.75) is 19.3 Å². The molecule has 0 radical (unpaired) electrons. The predicted octanol–water partition coefficient (Wildman–Crippen LogP) is 2.93. The third-order valence-electron chi connectivity index (χ3n) is 3.48. The number of halogens is 1. The fraction of sp³-hybridized carbons (Fsp3) is 0.357. The molecule has 3 nitrogen and oxygen atoms in total. The van der Waals surface area contributed by atoms with E-state index in [-0.39, 0.29) is 11.7 Å². The highest BCUT2D eigenvalue weighted by molar-refractivity contribution is 5.98. The van der Waals surface area contributed by atoms with Gasteiger partial charge in [-0.1, -0.05) is 12.1 Å². The molecular weight excluding hydrogens is 231 g/mol. The van der Waals surface area contributed by atoms with Crippen LogP contribution in [-0.2, 0) is 0 Å². The number of aromatic nitrogens is 1. The predicted molar refractivity (Wildman–Crippen MR) is 68.0 cm³/mol. The lowest BCUT2D eigenvalue weighted by molar-refractivity contribution is 0.0719. The molecule has 0 aliphatic carbocycles. The van der Waals surface area contributed by atoms with Crippen LogP contribution in [0.2, 0.25) is 0 Å². The van der Waals surface area contributed by atoms with Gasteiger partial charge in [-0.25, -0.2) is 4.39 Å². The van der Waals surface area contributed by atoms with Crippen LogP contribution in [0.3, 0.4) is 0 Å². The molecule has 1 fully saturated rings. The van der Waals surface area contributed by atoms with Gasteiger partial charge in [0.05, 0.1) is 5.52 Å². The lowest BCUT2D eigenvalue weighted by atomic mass is 10.1. The van der Waals surface area contributed by atoms with E-state index in [0.29, 0.717) is 11.2 Å². The molecule has 1 saturated heterocycles. The molecule has 0 spiro atoms. The minimum Gasteiger partial charge on any atom is -0.348 e. The third-order valence-corrected chi connectivity index (χ3v) is 3.48. The second kappa shape index (κ2) is 4.44. The van der Waals surface area contributed by atoms with Crippen LogP contribution in [0, 0.1) is 5.82 Å². The van der Waals surface area contributed by atoms with Crippen LogP contribution in [0.15, 0.2) is 24.3 Å². The summed E-state index contributed by atoms with van der Waals surface area (Å²) in [6.45, 7) is 1.60. The zero-order chi connectivity index (χ0) is 12.5. The molecule has 0 atom stereocenters. The van der Waals surface area contributed by atoms with Crippen molar-refractivity contribution < 1.29 is 9.18 Å². The quantitative estimate of drug-likeness (QED) is 0.825. The summed E-state index contributed by atoms with van der Waals surface area (Å²) in [7, 11) is 0. The molecule has 1 amide bonds. The van der Waals surface area contributed by atoms with Crippen molar-refractivity contribution in [2.75, 3.05) is 13.1 Å². The summed E-state index contributed by atoms with van der Waals surface area (Å²) in [6.07, 6.45) is 3.30. The number of piperidine rings is 1. The van der Waals surface area contributed by atoms with Gasteiger partial charge < -0.3 is 9.88 Å². The molecule has 1 N–H and O–H groups in total. The van der Waals surface area contributed by atoms with E-state index in [0.717, 1.165) is 31.3 Å². The summed E-state index contributed by atoms with van der Waals surface area (Å²) < 4.78 is 13.5. The Kier molecular flexibility index (Phi) is 2.78. The van der Waals surface area contributed by atoms with Gasteiger partial charge >= 0.3 is 0 Å². The van der Waals surface area contributed by atoms with E-state index in [4.69, 9.17) is 0 Å². The Bertz CT molecular complexity index is 584. The number of benzene rings is 1. The van der Waals surface area contributed by atoms with Crippen LogP contribution >= 0.6 is 0 Å². The van der Waals surface area contributed by atoms with Crippen molar-refractivity contribution in [1.29, 1.82) is 0 Å². The standard InChI is InChI=1S/C14H15FN2O/c15-11-6-4-5-10-9-12(16-13(10)11)14(18)17-7-2-1-3-8-17/h4-6,9,16H,1-3,7-8H2. The van der Waals surface area contributed by atoms with Crippen molar-refractivity contribution >= 4 is 16.8 Å².